The molecule has 3 aromatic heterocycles. The van der Waals surface area contributed by atoms with E-state index in [0.717, 1.165) is 41.3 Å². The molecule has 164 valence electrons. The number of imidazole rings is 1. The van der Waals surface area contributed by atoms with E-state index >= 15 is 0 Å². The molecule has 6 rings (SSSR count). The molecule has 2 aromatic carbocycles. The van der Waals surface area contributed by atoms with Gasteiger partial charge in [-0.1, -0.05) is 18.2 Å². The highest BCUT2D eigenvalue weighted by Gasteiger charge is 2.32. The van der Waals surface area contributed by atoms with E-state index in [9.17, 15) is 4.79 Å². The van der Waals surface area contributed by atoms with Crippen molar-refractivity contribution in [3.63, 3.8) is 0 Å². The van der Waals surface area contributed by atoms with Gasteiger partial charge in [-0.25, -0.2) is 9.97 Å². The molecule has 5 aromatic rings. The number of benzene rings is 2. The number of thiazole rings is 1. The molecule has 33 heavy (non-hydrogen) atoms. The zero-order valence-corrected chi connectivity index (χ0v) is 18.7. The Balaban J connectivity index is 1.15. The highest BCUT2D eigenvalue weighted by atomic mass is 32.1. The lowest BCUT2D eigenvalue weighted by molar-refractivity contribution is 0.0735. The summed E-state index contributed by atoms with van der Waals surface area (Å²) in [4.78, 5) is 24.6. The van der Waals surface area contributed by atoms with E-state index in [-0.39, 0.29) is 11.9 Å². The lowest BCUT2D eigenvalue weighted by atomic mass is 10.1. The minimum atomic E-state index is 0.0425. The minimum Gasteiger partial charge on any atom is -0.487 e. The van der Waals surface area contributed by atoms with Crippen LogP contribution in [0.1, 0.15) is 39.9 Å². The molecule has 0 saturated carbocycles. The first-order chi connectivity index (χ1) is 16.2. The molecule has 0 aliphatic carbocycles. The van der Waals surface area contributed by atoms with Gasteiger partial charge in [-0.15, -0.1) is 11.3 Å². The van der Waals surface area contributed by atoms with Gasteiger partial charge < -0.3 is 14.0 Å². The molecule has 0 bridgehead atoms. The van der Waals surface area contributed by atoms with Gasteiger partial charge >= 0.3 is 0 Å². The first kappa shape index (κ1) is 19.9. The van der Waals surface area contributed by atoms with Crippen molar-refractivity contribution >= 4 is 33.1 Å². The third kappa shape index (κ3) is 3.85. The average molecular weight is 455 g/mol. The second kappa shape index (κ2) is 8.33. The molecule has 0 radical (unpaired) electrons. The molecule has 1 aliphatic heterocycles. The summed E-state index contributed by atoms with van der Waals surface area (Å²) in [6.45, 7) is 1.13. The first-order valence-corrected chi connectivity index (χ1v) is 11.9. The number of amides is 1. The van der Waals surface area contributed by atoms with E-state index in [1.807, 2.05) is 82.4 Å². The summed E-state index contributed by atoms with van der Waals surface area (Å²) in [5, 5.41) is 1.02. The molecular weight excluding hydrogens is 432 g/mol. The van der Waals surface area contributed by atoms with Gasteiger partial charge in [0.2, 0.25) is 0 Å². The Morgan fingerprint density at radius 1 is 1.03 bits per heavy atom. The van der Waals surface area contributed by atoms with Crippen molar-refractivity contribution in [2.45, 2.75) is 25.5 Å². The van der Waals surface area contributed by atoms with E-state index in [1.54, 1.807) is 11.3 Å². The maximum Gasteiger partial charge on any atom is 0.254 e. The number of carbonyl (C=O) groups is 1. The maximum atomic E-state index is 13.3. The number of pyridine rings is 1. The van der Waals surface area contributed by atoms with Gasteiger partial charge in [0.15, 0.2) is 0 Å². The number of likely N-dealkylation sites (tertiary alicyclic amines) is 1. The summed E-state index contributed by atoms with van der Waals surface area (Å²) in [6.07, 6.45) is 5.87. The van der Waals surface area contributed by atoms with E-state index in [4.69, 9.17) is 9.72 Å². The number of rotatable bonds is 5. The number of fused-ring (bicyclic) bond motifs is 2. The quantitative estimate of drug-likeness (QED) is 0.352. The average Bonchev–Trinajstić information content (AvgIpc) is 3.59. The molecular formula is C26H22N4O2S. The van der Waals surface area contributed by atoms with Crippen molar-refractivity contribution in [1.82, 2.24) is 19.3 Å². The first-order valence-electron chi connectivity index (χ1n) is 11.1. The standard InChI is InChI=1S/C26H22N4O2S/c31-26(30-15-5-7-22(30)25-28-21-6-1-2-8-23(21)33-25)18-10-12-20(13-11-18)32-17-19-16-29-14-4-3-9-24(29)27-19/h1-4,6,8-14,16,22H,5,7,15,17H2/t22-/m1/s1. The van der Waals surface area contributed by atoms with Crippen LogP contribution in [0, 0.1) is 0 Å². The maximum absolute atomic E-state index is 13.3. The Labute approximate surface area is 195 Å². The van der Waals surface area contributed by atoms with Crippen LogP contribution in [0.15, 0.2) is 79.1 Å². The highest BCUT2D eigenvalue weighted by molar-refractivity contribution is 7.18. The second-order valence-corrected chi connectivity index (χ2v) is 9.25. The summed E-state index contributed by atoms with van der Waals surface area (Å²) < 4.78 is 9.03. The Hall–Kier alpha value is -3.71. The second-order valence-electron chi connectivity index (χ2n) is 8.19. The molecule has 4 heterocycles. The molecule has 0 N–H and O–H groups in total. The van der Waals surface area contributed by atoms with Gasteiger partial charge in [-0.05, 0) is 61.4 Å². The Morgan fingerprint density at radius 2 is 1.88 bits per heavy atom. The van der Waals surface area contributed by atoms with Gasteiger partial charge in [0.05, 0.1) is 22.0 Å². The zero-order valence-electron chi connectivity index (χ0n) is 17.9. The van der Waals surface area contributed by atoms with Gasteiger partial charge in [0.1, 0.15) is 23.0 Å². The van der Waals surface area contributed by atoms with Gasteiger partial charge in [0.25, 0.3) is 5.91 Å². The summed E-state index contributed by atoms with van der Waals surface area (Å²) in [5.41, 5.74) is 3.43. The van der Waals surface area contributed by atoms with Crippen LogP contribution in [0.2, 0.25) is 0 Å². The third-order valence-electron chi connectivity index (χ3n) is 6.01. The molecule has 0 unspecified atom stereocenters. The van der Waals surface area contributed by atoms with E-state index < -0.39 is 0 Å². The number of ether oxygens (including phenoxy) is 1. The fourth-order valence-corrected chi connectivity index (χ4v) is 5.49. The number of hydrogen-bond acceptors (Lipinski definition) is 5. The highest BCUT2D eigenvalue weighted by Crippen LogP contribution is 2.37. The summed E-state index contributed by atoms with van der Waals surface area (Å²) in [5.74, 6) is 0.761. The van der Waals surface area contributed by atoms with E-state index in [1.165, 1.54) is 4.70 Å². The molecule has 1 amide bonds. The van der Waals surface area contributed by atoms with Crippen molar-refractivity contribution in [1.29, 1.82) is 0 Å². The third-order valence-corrected chi connectivity index (χ3v) is 7.15. The van der Waals surface area contributed by atoms with Crippen LogP contribution in [-0.4, -0.2) is 31.7 Å². The Bertz CT molecular complexity index is 1370. The molecule has 1 saturated heterocycles. The van der Waals surface area contributed by atoms with E-state index in [0.29, 0.717) is 17.9 Å². The summed E-state index contributed by atoms with van der Waals surface area (Å²) in [7, 11) is 0. The fraction of sp³-hybridized carbons (Fsp3) is 0.192. The number of nitrogens with zero attached hydrogens (tertiary/aromatic N) is 4. The van der Waals surface area contributed by atoms with Crippen LogP contribution in [0.25, 0.3) is 15.9 Å². The summed E-state index contributed by atoms with van der Waals surface area (Å²) in [6, 6.07) is 21.5. The summed E-state index contributed by atoms with van der Waals surface area (Å²) >= 11 is 1.69. The van der Waals surface area contributed by atoms with Crippen molar-refractivity contribution in [3.8, 4) is 5.75 Å². The van der Waals surface area contributed by atoms with Crippen LogP contribution in [-0.2, 0) is 6.61 Å². The van der Waals surface area contributed by atoms with Gasteiger partial charge in [-0.3, -0.25) is 4.79 Å². The molecule has 6 nitrogen and oxygen atoms in total. The molecule has 1 aliphatic rings. The Morgan fingerprint density at radius 3 is 2.73 bits per heavy atom. The van der Waals surface area contributed by atoms with Crippen molar-refractivity contribution in [3.05, 3.63) is 95.4 Å². The number of para-hydroxylation sites is 1. The molecule has 1 atom stereocenters. The lowest BCUT2D eigenvalue weighted by Gasteiger charge is -2.23. The van der Waals surface area contributed by atoms with Crippen LogP contribution < -0.4 is 4.74 Å². The SMILES string of the molecule is O=C(c1ccc(OCc2cn3ccccc3n2)cc1)N1CCC[C@@H]1c1nc2ccccc2s1. The number of aromatic nitrogens is 3. The van der Waals surface area contributed by atoms with Crippen LogP contribution in [0.5, 0.6) is 5.75 Å². The largest absolute Gasteiger partial charge is 0.487 e. The monoisotopic (exact) mass is 454 g/mol. The smallest absolute Gasteiger partial charge is 0.254 e. The fourth-order valence-electron chi connectivity index (χ4n) is 4.37. The van der Waals surface area contributed by atoms with Crippen LogP contribution in [0.4, 0.5) is 0 Å². The predicted octanol–water partition coefficient (Wildman–Crippen LogP) is 5.50. The van der Waals surface area contributed by atoms with Crippen LogP contribution in [0.3, 0.4) is 0 Å². The molecule has 1 fully saturated rings. The predicted molar refractivity (Wildman–Crippen MR) is 129 cm³/mol. The lowest BCUT2D eigenvalue weighted by Crippen LogP contribution is -2.30. The van der Waals surface area contributed by atoms with E-state index in [2.05, 4.69) is 11.1 Å². The number of hydrogen-bond donors (Lipinski definition) is 0. The van der Waals surface area contributed by atoms with Gasteiger partial charge in [-0.2, -0.15) is 0 Å². The number of carbonyl (C=O) groups excluding carboxylic acids is 1. The van der Waals surface area contributed by atoms with Crippen molar-refractivity contribution in [2.24, 2.45) is 0 Å². The normalized spacial score (nSPS) is 16.0. The minimum absolute atomic E-state index is 0.0425. The topological polar surface area (TPSA) is 59.7 Å². The van der Waals surface area contributed by atoms with Crippen molar-refractivity contribution in [2.75, 3.05) is 6.54 Å². The molecule has 7 heteroatoms. The van der Waals surface area contributed by atoms with Crippen molar-refractivity contribution < 1.29 is 9.53 Å². The zero-order chi connectivity index (χ0) is 22.2. The van der Waals surface area contributed by atoms with Crippen LogP contribution >= 0.6 is 11.3 Å². The van der Waals surface area contributed by atoms with Gasteiger partial charge in [0, 0.05) is 24.5 Å². The Kier molecular flexibility index (Phi) is 5.03. The molecule has 0 spiro atoms.